The van der Waals surface area contributed by atoms with Gasteiger partial charge in [-0.3, -0.25) is 13.9 Å². The van der Waals surface area contributed by atoms with Gasteiger partial charge in [0.2, 0.25) is 11.8 Å². The number of carbonyl (C=O) groups is 2. The van der Waals surface area contributed by atoms with Crippen molar-refractivity contribution < 1.29 is 31.2 Å². The van der Waals surface area contributed by atoms with Crippen LogP contribution < -0.4 is 9.62 Å². The lowest BCUT2D eigenvalue weighted by atomic mass is 10.0. The summed E-state index contributed by atoms with van der Waals surface area (Å²) in [5.74, 6) is -1.31. The topological polar surface area (TPSA) is 86.8 Å². The Balaban J connectivity index is 1.87. The third-order valence-corrected chi connectivity index (χ3v) is 9.21. The highest BCUT2D eigenvalue weighted by molar-refractivity contribution is 7.92. The molecule has 0 aromatic heterocycles. The summed E-state index contributed by atoms with van der Waals surface area (Å²) in [6, 6.07) is 26.0. The fourth-order valence-electron chi connectivity index (χ4n) is 4.90. The number of alkyl halides is 3. The molecule has 0 bridgehead atoms. The maximum absolute atomic E-state index is 14.5. The number of amides is 2. The van der Waals surface area contributed by atoms with Crippen LogP contribution in [0.5, 0.6) is 0 Å². The molecule has 47 heavy (non-hydrogen) atoms. The van der Waals surface area contributed by atoms with Crippen LogP contribution in [0.2, 0.25) is 5.02 Å². The first-order valence-corrected chi connectivity index (χ1v) is 16.5. The van der Waals surface area contributed by atoms with E-state index in [1.165, 1.54) is 29.2 Å². The highest BCUT2D eigenvalue weighted by Gasteiger charge is 2.38. The van der Waals surface area contributed by atoms with Crippen LogP contribution >= 0.6 is 11.6 Å². The van der Waals surface area contributed by atoms with Crippen molar-refractivity contribution in [3.63, 3.8) is 0 Å². The Bertz CT molecular complexity index is 1780. The van der Waals surface area contributed by atoms with Gasteiger partial charge in [0.05, 0.1) is 21.2 Å². The molecule has 0 saturated heterocycles. The molecule has 0 unspecified atom stereocenters. The van der Waals surface area contributed by atoms with E-state index in [0.29, 0.717) is 15.9 Å². The maximum atomic E-state index is 14.5. The lowest BCUT2D eigenvalue weighted by Gasteiger charge is -2.35. The van der Waals surface area contributed by atoms with E-state index in [4.69, 9.17) is 11.6 Å². The van der Waals surface area contributed by atoms with Gasteiger partial charge in [-0.15, -0.1) is 0 Å². The molecule has 7 nitrogen and oxygen atoms in total. The van der Waals surface area contributed by atoms with Crippen molar-refractivity contribution in [2.75, 3.05) is 10.8 Å². The minimum atomic E-state index is -4.82. The Morgan fingerprint density at radius 2 is 1.34 bits per heavy atom. The highest BCUT2D eigenvalue weighted by Crippen LogP contribution is 2.37. The number of hydrogen-bond donors (Lipinski definition) is 1. The van der Waals surface area contributed by atoms with Gasteiger partial charge in [-0.25, -0.2) is 8.42 Å². The smallest absolute Gasteiger partial charge is 0.350 e. The molecule has 0 heterocycles. The van der Waals surface area contributed by atoms with E-state index < -0.39 is 57.4 Å². The molecule has 4 aromatic rings. The van der Waals surface area contributed by atoms with Gasteiger partial charge >= 0.3 is 6.18 Å². The van der Waals surface area contributed by atoms with E-state index in [1.807, 2.05) is 6.07 Å². The molecule has 0 saturated carbocycles. The van der Waals surface area contributed by atoms with E-state index in [0.717, 1.165) is 17.7 Å². The molecule has 248 valence electrons. The van der Waals surface area contributed by atoms with Gasteiger partial charge in [0.25, 0.3) is 10.0 Å². The average molecular weight is 686 g/mol. The number of nitrogens with one attached hydrogen (secondary N) is 1. The SMILES string of the molecule is CC(C)(C)NC(=O)[C@H](Cc1ccccc1)N(Cc1ccccc1)C(=O)CN(c1cc(C(F)(F)F)ccc1Cl)S(=O)(=O)c1ccccc1. The predicted molar refractivity (Wildman–Crippen MR) is 176 cm³/mol. The monoisotopic (exact) mass is 685 g/mol. The molecule has 0 aliphatic rings. The number of carbonyl (C=O) groups excluding carboxylic acids is 2. The lowest BCUT2D eigenvalue weighted by molar-refractivity contribution is -0.140. The van der Waals surface area contributed by atoms with Crippen LogP contribution in [-0.2, 0) is 38.8 Å². The summed E-state index contributed by atoms with van der Waals surface area (Å²) >= 11 is 6.36. The van der Waals surface area contributed by atoms with Gasteiger partial charge < -0.3 is 10.2 Å². The lowest BCUT2D eigenvalue weighted by Crippen LogP contribution is -2.56. The van der Waals surface area contributed by atoms with Crippen molar-refractivity contribution in [1.29, 1.82) is 0 Å². The van der Waals surface area contributed by atoms with Crippen LogP contribution in [0.3, 0.4) is 0 Å². The van der Waals surface area contributed by atoms with Gasteiger partial charge in [0.15, 0.2) is 0 Å². The first-order chi connectivity index (χ1) is 22.1. The van der Waals surface area contributed by atoms with Crippen LogP contribution in [0.15, 0.2) is 114 Å². The van der Waals surface area contributed by atoms with Crippen molar-refractivity contribution in [3.05, 3.63) is 131 Å². The molecule has 0 fully saturated rings. The van der Waals surface area contributed by atoms with E-state index in [2.05, 4.69) is 5.32 Å². The molecule has 2 amide bonds. The molecule has 12 heteroatoms. The fourth-order valence-corrected chi connectivity index (χ4v) is 6.62. The molecule has 1 atom stereocenters. The third kappa shape index (κ3) is 9.36. The summed E-state index contributed by atoms with van der Waals surface area (Å²) in [5.41, 5.74) is -0.969. The Kier molecular flexibility index (Phi) is 11.0. The largest absolute Gasteiger partial charge is 0.416 e. The molecule has 4 aromatic carbocycles. The quantitative estimate of drug-likeness (QED) is 0.182. The second-order valence-electron chi connectivity index (χ2n) is 11.9. The zero-order chi connectivity index (χ0) is 34.4. The molecular formula is C35H35ClF3N3O4S. The molecular weight excluding hydrogens is 651 g/mol. The molecule has 0 aliphatic heterocycles. The Morgan fingerprint density at radius 3 is 1.87 bits per heavy atom. The maximum Gasteiger partial charge on any atom is 0.416 e. The van der Waals surface area contributed by atoms with Gasteiger partial charge in [0, 0.05) is 18.5 Å². The van der Waals surface area contributed by atoms with Crippen molar-refractivity contribution in [3.8, 4) is 0 Å². The number of hydrogen-bond acceptors (Lipinski definition) is 4. The van der Waals surface area contributed by atoms with E-state index in [9.17, 15) is 31.2 Å². The van der Waals surface area contributed by atoms with E-state index >= 15 is 0 Å². The summed E-state index contributed by atoms with van der Waals surface area (Å²) in [6.45, 7) is 4.33. The van der Waals surface area contributed by atoms with Crippen LogP contribution in [0.25, 0.3) is 0 Å². The Labute approximate surface area is 278 Å². The molecule has 1 N–H and O–H groups in total. The summed E-state index contributed by atoms with van der Waals surface area (Å²) in [4.78, 5) is 29.4. The Morgan fingerprint density at radius 1 is 0.809 bits per heavy atom. The van der Waals surface area contributed by atoms with Crippen molar-refractivity contribution in [2.24, 2.45) is 0 Å². The van der Waals surface area contributed by atoms with Gasteiger partial charge in [-0.1, -0.05) is 90.5 Å². The van der Waals surface area contributed by atoms with Crippen LogP contribution in [0.4, 0.5) is 18.9 Å². The number of benzene rings is 4. The van der Waals surface area contributed by atoms with Crippen LogP contribution in [-0.4, -0.2) is 43.3 Å². The summed E-state index contributed by atoms with van der Waals surface area (Å²) in [5, 5.41) is 2.61. The number of rotatable bonds is 11. The van der Waals surface area contributed by atoms with Crippen LogP contribution in [0, 0.1) is 0 Å². The minimum absolute atomic E-state index is 0.0804. The highest BCUT2D eigenvalue weighted by atomic mass is 35.5. The minimum Gasteiger partial charge on any atom is -0.350 e. The zero-order valence-corrected chi connectivity index (χ0v) is 27.6. The fraction of sp³-hybridized carbons (Fsp3) is 0.257. The van der Waals surface area contributed by atoms with Crippen molar-refractivity contribution in [2.45, 2.75) is 56.4 Å². The van der Waals surface area contributed by atoms with Crippen molar-refractivity contribution in [1.82, 2.24) is 10.2 Å². The van der Waals surface area contributed by atoms with Crippen LogP contribution in [0.1, 0.15) is 37.5 Å². The van der Waals surface area contributed by atoms with E-state index in [1.54, 1.807) is 81.4 Å². The Hall–Kier alpha value is -4.35. The van der Waals surface area contributed by atoms with Gasteiger partial charge in [0.1, 0.15) is 12.6 Å². The molecule has 0 radical (unpaired) electrons. The number of anilines is 1. The summed E-state index contributed by atoms with van der Waals surface area (Å²) < 4.78 is 70.2. The normalized spacial score (nSPS) is 12.7. The zero-order valence-electron chi connectivity index (χ0n) is 26.0. The van der Waals surface area contributed by atoms with Gasteiger partial charge in [-0.2, -0.15) is 13.2 Å². The average Bonchev–Trinajstić information content (AvgIpc) is 3.02. The molecule has 0 spiro atoms. The predicted octanol–water partition coefficient (Wildman–Crippen LogP) is 7.11. The summed E-state index contributed by atoms with van der Waals surface area (Å²) in [7, 11) is -4.64. The van der Waals surface area contributed by atoms with E-state index in [-0.39, 0.29) is 22.9 Å². The van der Waals surface area contributed by atoms with Gasteiger partial charge in [-0.05, 0) is 62.2 Å². The third-order valence-electron chi connectivity index (χ3n) is 7.12. The number of sulfonamides is 1. The summed E-state index contributed by atoms with van der Waals surface area (Å²) in [6.07, 6.45) is -4.74. The van der Waals surface area contributed by atoms with Crippen molar-refractivity contribution >= 4 is 39.1 Å². The standard InChI is InChI=1S/C35H35ClF3N3O4S/c1-34(2,3)40-33(44)31(21-25-13-7-4-8-14-25)41(23-26-15-9-5-10-16-26)32(43)24-42(47(45,46)28-17-11-6-12-18-28)30-22-27(35(37,38)39)19-20-29(30)36/h4-20,22,31H,21,23-24H2,1-3H3,(H,40,44)/t31-/m0/s1. The second-order valence-corrected chi connectivity index (χ2v) is 14.2. The number of nitrogens with zero attached hydrogens (tertiary/aromatic N) is 2. The number of halogens is 4. The first kappa shape index (κ1) is 35.5. The molecule has 0 aliphatic carbocycles. The molecule has 4 rings (SSSR count). The first-order valence-electron chi connectivity index (χ1n) is 14.7. The second kappa shape index (κ2) is 14.6.